The second-order valence-electron chi connectivity index (χ2n) is 6.86. The van der Waals surface area contributed by atoms with Gasteiger partial charge in [0.05, 0.1) is 27.2 Å². The van der Waals surface area contributed by atoms with Gasteiger partial charge >= 0.3 is 0 Å². The molecular weight excluding hydrogens is 382 g/mol. The van der Waals surface area contributed by atoms with Crippen LogP contribution in [-0.4, -0.2) is 26.3 Å². The largest absolute Gasteiger partial charge is 0.493 e. The average Bonchev–Trinajstić information content (AvgIpc) is 2.76. The van der Waals surface area contributed by atoms with Gasteiger partial charge in [-0.15, -0.1) is 0 Å². The summed E-state index contributed by atoms with van der Waals surface area (Å²) in [6.45, 7) is 1.91. The lowest BCUT2D eigenvalue weighted by Gasteiger charge is -2.28. The SMILES string of the molecule is COc1ccc(C2C(C#N)=C(N)Oc3c2ccc2ccc(C)nc32)c(OC)c1OC. The number of methoxy groups -OCH3 is 3. The van der Waals surface area contributed by atoms with Crippen molar-refractivity contribution < 1.29 is 18.9 Å². The maximum Gasteiger partial charge on any atom is 0.205 e. The van der Waals surface area contributed by atoms with Gasteiger partial charge in [0.15, 0.2) is 17.2 Å². The molecule has 0 aliphatic carbocycles. The van der Waals surface area contributed by atoms with E-state index in [-0.39, 0.29) is 5.88 Å². The standard InChI is InChI=1S/C23H21N3O4/c1-12-5-6-13-7-8-14-18(16(11-24)23(25)30-20(14)19(13)26-12)15-9-10-17(27-2)22(29-4)21(15)28-3/h5-10,18H,25H2,1-4H3. The number of pyridine rings is 1. The molecule has 0 bridgehead atoms. The van der Waals surface area contributed by atoms with E-state index >= 15 is 0 Å². The Morgan fingerprint density at radius 3 is 2.33 bits per heavy atom. The van der Waals surface area contributed by atoms with Crippen LogP contribution < -0.4 is 24.7 Å². The van der Waals surface area contributed by atoms with Crippen molar-refractivity contribution in [3.63, 3.8) is 0 Å². The number of hydrogen-bond acceptors (Lipinski definition) is 7. The van der Waals surface area contributed by atoms with Crippen molar-refractivity contribution in [3.8, 4) is 29.1 Å². The fourth-order valence-electron chi connectivity index (χ4n) is 3.87. The maximum atomic E-state index is 9.89. The number of fused-ring (bicyclic) bond motifs is 3. The van der Waals surface area contributed by atoms with Crippen molar-refractivity contribution in [2.24, 2.45) is 5.73 Å². The number of nitriles is 1. The number of aryl methyl sites for hydroxylation is 1. The Kier molecular flexibility index (Phi) is 4.84. The summed E-state index contributed by atoms with van der Waals surface area (Å²) in [6, 6.07) is 13.6. The molecule has 2 aromatic carbocycles. The summed E-state index contributed by atoms with van der Waals surface area (Å²) < 4.78 is 22.5. The van der Waals surface area contributed by atoms with Gasteiger partial charge in [0, 0.05) is 22.2 Å². The molecule has 152 valence electrons. The van der Waals surface area contributed by atoms with Crippen LogP contribution in [0.1, 0.15) is 22.7 Å². The second kappa shape index (κ2) is 7.48. The van der Waals surface area contributed by atoms with Crippen LogP contribution in [0.15, 0.2) is 47.9 Å². The average molecular weight is 403 g/mol. The minimum absolute atomic E-state index is 0.0441. The Bertz CT molecular complexity index is 1230. The Labute approximate surface area is 174 Å². The number of nitrogens with zero attached hydrogens (tertiary/aromatic N) is 2. The zero-order chi connectivity index (χ0) is 21.4. The summed E-state index contributed by atoms with van der Waals surface area (Å²) in [5.41, 5.74) is 9.52. The molecule has 7 heteroatoms. The molecule has 1 atom stereocenters. The highest BCUT2D eigenvalue weighted by atomic mass is 16.5. The maximum absolute atomic E-state index is 9.89. The molecular formula is C23H21N3O4. The zero-order valence-electron chi connectivity index (χ0n) is 17.1. The van der Waals surface area contributed by atoms with E-state index < -0.39 is 5.92 Å². The molecule has 1 aliphatic heterocycles. The van der Waals surface area contributed by atoms with Crippen LogP contribution in [0.3, 0.4) is 0 Å². The van der Waals surface area contributed by atoms with Crippen LogP contribution in [0.2, 0.25) is 0 Å². The summed E-state index contributed by atoms with van der Waals surface area (Å²) in [7, 11) is 4.64. The zero-order valence-corrected chi connectivity index (χ0v) is 17.1. The fraction of sp³-hybridized carbons (Fsp3) is 0.217. The molecule has 4 rings (SSSR count). The molecule has 7 nitrogen and oxygen atoms in total. The third-order valence-electron chi connectivity index (χ3n) is 5.23. The van der Waals surface area contributed by atoms with E-state index in [1.807, 2.05) is 37.3 Å². The number of rotatable bonds is 4. The molecule has 0 radical (unpaired) electrons. The molecule has 0 fully saturated rings. The molecule has 0 saturated heterocycles. The number of ether oxygens (including phenoxy) is 4. The van der Waals surface area contributed by atoms with Gasteiger partial charge in [-0.1, -0.05) is 24.3 Å². The minimum atomic E-state index is -0.514. The first kappa shape index (κ1) is 19.4. The van der Waals surface area contributed by atoms with E-state index in [9.17, 15) is 5.26 Å². The lowest BCUT2D eigenvalue weighted by atomic mass is 9.82. The molecule has 2 heterocycles. The van der Waals surface area contributed by atoms with Crippen molar-refractivity contribution in [2.45, 2.75) is 12.8 Å². The molecule has 2 N–H and O–H groups in total. The number of benzene rings is 2. The van der Waals surface area contributed by atoms with Crippen LogP contribution in [0.5, 0.6) is 23.0 Å². The summed E-state index contributed by atoms with van der Waals surface area (Å²) in [5.74, 6) is 1.50. The predicted octanol–water partition coefficient (Wildman–Crippen LogP) is 3.79. The second-order valence-corrected chi connectivity index (χ2v) is 6.86. The Morgan fingerprint density at radius 1 is 0.967 bits per heavy atom. The van der Waals surface area contributed by atoms with E-state index in [4.69, 9.17) is 24.7 Å². The van der Waals surface area contributed by atoms with Crippen LogP contribution in [0.4, 0.5) is 0 Å². The number of nitrogens with two attached hydrogens (primary N) is 1. The third-order valence-corrected chi connectivity index (χ3v) is 5.23. The summed E-state index contributed by atoms with van der Waals surface area (Å²) in [4.78, 5) is 4.64. The Hall–Kier alpha value is -3.92. The van der Waals surface area contributed by atoms with Gasteiger partial charge in [-0.2, -0.15) is 5.26 Å². The van der Waals surface area contributed by atoms with Crippen molar-refractivity contribution in [1.29, 1.82) is 5.26 Å². The minimum Gasteiger partial charge on any atom is -0.493 e. The van der Waals surface area contributed by atoms with Gasteiger partial charge in [-0.25, -0.2) is 4.98 Å². The molecule has 0 spiro atoms. The topological polar surface area (TPSA) is 99.6 Å². The first-order chi connectivity index (χ1) is 14.5. The van der Waals surface area contributed by atoms with E-state index in [1.54, 1.807) is 20.3 Å². The fourth-order valence-corrected chi connectivity index (χ4v) is 3.87. The summed E-state index contributed by atoms with van der Waals surface area (Å²) in [5, 5.41) is 10.8. The van der Waals surface area contributed by atoms with Crippen LogP contribution in [0.25, 0.3) is 10.9 Å². The van der Waals surface area contributed by atoms with Gasteiger partial charge in [-0.3, -0.25) is 0 Å². The molecule has 3 aromatic rings. The highest BCUT2D eigenvalue weighted by Crippen LogP contribution is 2.50. The van der Waals surface area contributed by atoms with Crippen LogP contribution in [0, 0.1) is 18.3 Å². The van der Waals surface area contributed by atoms with Crippen molar-refractivity contribution in [2.75, 3.05) is 21.3 Å². The van der Waals surface area contributed by atoms with Gasteiger partial charge < -0.3 is 24.7 Å². The van der Waals surface area contributed by atoms with Crippen molar-refractivity contribution in [3.05, 3.63) is 64.7 Å². The van der Waals surface area contributed by atoms with E-state index in [0.29, 0.717) is 39.7 Å². The van der Waals surface area contributed by atoms with Crippen LogP contribution >= 0.6 is 0 Å². The van der Waals surface area contributed by atoms with Crippen molar-refractivity contribution in [1.82, 2.24) is 4.98 Å². The van der Waals surface area contributed by atoms with E-state index in [0.717, 1.165) is 16.6 Å². The van der Waals surface area contributed by atoms with Gasteiger partial charge in [0.1, 0.15) is 17.2 Å². The molecule has 1 unspecified atom stereocenters. The summed E-state index contributed by atoms with van der Waals surface area (Å²) >= 11 is 0. The molecule has 30 heavy (non-hydrogen) atoms. The molecule has 0 amide bonds. The number of allylic oxidation sites excluding steroid dienone is 1. The van der Waals surface area contributed by atoms with E-state index in [1.165, 1.54) is 7.11 Å². The van der Waals surface area contributed by atoms with Gasteiger partial charge in [-0.05, 0) is 19.1 Å². The first-order valence-corrected chi connectivity index (χ1v) is 9.30. The lowest BCUT2D eigenvalue weighted by Crippen LogP contribution is -2.22. The molecule has 0 saturated carbocycles. The Morgan fingerprint density at radius 2 is 1.67 bits per heavy atom. The summed E-state index contributed by atoms with van der Waals surface area (Å²) in [6.07, 6.45) is 0. The first-order valence-electron chi connectivity index (χ1n) is 9.30. The number of hydrogen-bond donors (Lipinski definition) is 1. The normalized spacial score (nSPS) is 15.2. The van der Waals surface area contributed by atoms with Crippen molar-refractivity contribution >= 4 is 10.9 Å². The number of aromatic nitrogens is 1. The van der Waals surface area contributed by atoms with E-state index in [2.05, 4.69) is 11.1 Å². The van der Waals surface area contributed by atoms with Gasteiger partial charge in [0.2, 0.25) is 11.6 Å². The quantitative estimate of drug-likeness (QED) is 0.707. The highest BCUT2D eigenvalue weighted by Gasteiger charge is 2.35. The lowest BCUT2D eigenvalue weighted by molar-refractivity contribution is 0.321. The molecule has 1 aromatic heterocycles. The molecule has 1 aliphatic rings. The smallest absolute Gasteiger partial charge is 0.205 e. The monoisotopic (exact) mass is 403 g/mol. The van der Waals surface area contributed by atoms with Gasteiger partial charge in [0.25, 0.3) is 0 Å². The van der Waals surface area contributed by atoms with Crippen LogP contribution in [-0.2, 0) is 0 Å². The predicted molar refractivity (Wildman–Crippen MR) is 112 cm³/mol. The third kappa shape index (κ3) is 2.85. The highest BCUT2D eigenvalue weighted by molar-refractivity contribution is 5.87. The Balaban J connectivity index is 2.05.